The van der Waals surface area contributed by atoms with Crippen molar-refractivity contribution in [2.24, 2.45) is 0 Å². The van der Waals surface area contributed by atoms with Gasteiger partial charge in [-0.15, -0.1) is 5.10 Å². The van der Waals surface area contributed by atoms with E-state index in [1.165, 1.54) is 6.20 Å². The molecule has 0 unspecified atom stereocenters. The van der Waals surface area contributed by atoms with Crippen LogP contribution in [0.2, 0.25) is 0 Å². The lowest BCUT2D eigenvalue weighted by Crippen LogP contribution is -2.12. The number of pyridine rings is 1. The van der Waals surface area contributed by atoms with E-state index >= 15 is 0 Å². The summed E-state index contributed by atoms with van der Waals surface area (Å²) in [6.45, 7) is 0. The predicted molar refractivity (Wildman–Crippen MR) is 98.2 cm³/mol. The lowest BCUT2D eigenvalue weighted by atomic mass is 10.2. The number of amides is 1. The summed E-state index contributed by atoms with van der Waals surface area (Å²) in [7, 11) is 3.85. The Morgan fingerprint density at radius 3 is 2.46 bits per heavy atom. The number of anilines is 4. The van der Waals surface area contributed by atoms with Crippen LogP contribution < -0.4 is 15.5 Å². The SMILES string of the molecule is CN(C)c1cnnc(Nc2ccc(NC(=O)c3cncc(F)c3)cc2)c1. The fraction of sp³-hybridized carbons (Fsp3) is 0.111. The molecule has 8 heteroatoms. The van der Waals surface area contributed by atoms with Crippen LogP contribution in [0.3, 0.4) is 0 Å². The predicted octanol–water partition coefficient (Wildman–Crippen LogP) is 3.07. The molecule has 0 aliphatic carbocycles. The maximum atomic E-state index is 13.1. The largest absolute Gasteiger partial charge is 0.376 e. The second-order valence-electron chi connectivity index (χ2n) is 5.74. The van der Waals surface area contributed by atoms with Gasteiger partial charge in [0.05, 0.1) is 23.6 Å². The molecule has 0 spiro atoms. The number of nitrogens with zero attached hydrogens (tertiary/aromatic N) is 4. The van der Waals surface area contributed by atoms with Gasteiger partial charge in [0.15, 0.2) is 5.82 Å². The van der Waals surface area contributed by atoms with Gasteiger partial charge in [0.1, 0.15) is 5.82 Å². The van der Waals surface area contributed by atoms with Gasteiger partial charge in [0.25, 0.3) is 5.91 Å². The quantitative estimate of drug-likeness (QED) is 0.734. The van der Waals surface area contributed by atoms with Crippen molar-refractivity contribution in [3.8, 4) is 0 Å². The topological polar surface area (TPSA) is 83.0 Å². The Labute approximate surface area is 149 Å². The van der Waals surface area contributed by atoms with Crippen LogP contribution in [0.1, 0.15) is 10.4 Å². The van der Waals surface area contributed by atoms with Crippen LogP contribution in [0.25, 0.3) is 0 Å². The van der Waals surface area contributed by atoms with Gasteiger partial charge in [0.2, 0.25) is 0 Å². The van der Waals surface area contributed by atoms with E-state index in [4.69, 9.17) is 0 Å². The summed E-state index contributed by atoms with van der Waals surface area (Å²) in [5.41, 5.74) is 2.46. The van der Waals surface area contributed by atoms with Crippen LogP contribution in [0.15, 0.2) is 55.0 Å². The Kier molecular flexibility index (Phi) is 5.02. The molecular formula is C18H17FN6O. The highest BCUT2D eigenvalue weighted by molar-refractivity contribution is 6.04. The Morgan fingerprint density at radius 1 is 1.04 bits per heavy atom. The summed E-state index contributed by atoms with van der Waals surface area (Å²) in [5.74, 6) is -0.376. The van der Waals surface area contributed by atoms with Crippen molar-refractivity contribution < 1.29 is 9.18 Å². The van der Waals surface area contributed by atoms with Gasteiger partial charge in [-0.2, -0.15) is 5.10 Å². The molecule has 2 aromatic heterocycles. The van der Waals surface area contributed by atoms with Gasteiger partial charge < -0.3 is 15.5 Å². The van der Waals surface area contributed by atoms with E-state index in [0.717, 1.165) is 23.6 Å². The van der Waals surface area contributed by atoms with E-state index in [0.29, 0.717) is 11.5 Å². The molecule has 0 radical (unpaired) electrons. The average molecular weight is 352 g/mol. The van der Waals surface area contributed by atoms with Gasteiger partial charge >= 0.3 is 0 Å². The van der Waals surface area contributed by atoms with Crippen LogP contribution in [0.4, 0.5) is 27.3 Å². The molecule has 26 heavy (non-hydrogen) atoms. The van der Waals surface area contributed by atoms with Gasteiger partial charge in [-0.05, 0) is 30.3 Å². The minimum absolute atomic E-state index is 0.156. The monoisotopic (exact) mass is 352 g/mol. The molecule has 2 N–H and O–H groups in total. The number of aromatic nitrogens is 3. The molecule has 132 valence electrons. The highest BCUT2D eigenvalue weighted by Crippen LogP contribution is 2.20. The van der Waals surface area contributed by atoms with Gasteiger partial charge in [0, 0.05) is 37.7 Å². The maximum Gasteiger partial charge on any atom is 0.257 e. The van der Waals surface area contributed by atoms with Crippen molar-refractivity contribution in [2.75, 3.05) is 29.6 Å². The Morgan fingerprint density at radius 2 is 1.77 bits per heavy atom. The fourth-order valence-electron chi connectivity index (χ4n) is 2.19. The van der Waals surface area contributed by atoms with Crippen LogP contribution >= 0.6 is 0 Å². The Hall–Kier alpha value is -3.55. The van der Waals surface area contributed by atoms with E-state index in [1.807, 2.05) is 25.1 Å². The number of hydrogen-bond donors (Lipinski definition) is 2. The number of rotatable bonds is 5. The van der Waals surface area contributed by atoms with Gasteiger partial charge in [-0.1, -0.05) is 0 Å². The van der Waals surface area contributed by atoms with Crippen LogP contribution in [-0.4, -0.2) is 35.2 Å². The fourth-order valence-corrected chi connectivity index (χ4v) is 2.19. The molecule has 0 bridgehead atoms. The summed E-state index contributed by atoms with van der Waals surface area (Å²) < 4.78 is 13.1. The lowest BCUT2D eigenvalue weighted by molar-refractivity contribution is 0.102. The molecule has 0 aliphatic heterocycles. The highest BCUT2D eigenvalue weighted by atomic mass is 19.1. The minimum atomic E-state index is -0.557. The molecule has 0 aliphatic rings. The maximum absolute atomic E-state index is 13.1. The van der Waals surface area contributed by atoms with E-state index in [1.54, 1.807) is 30.5 Å². The van der Waals surface area contributed by atoms with E-state index in [9.17, 15) is 9.18 Å². The number of halogens is 1. The zero-order valence-electron chi connectivity index (χ0n) is 14.3. The van der Waals surface area contributed by atoms with Crippen molar-refractivity contribution in [1.82, 2.24) is 15.2 Å². The average Bonchev–Trinajstić information content (AvgIpc) is 2.63. The van der Waals surface area contributed by atoms with Crippen molar-refractivity contribution >= 4 is 28.8 Å². The van der Waals surface area contributed by atoms with Crippen molar-refractivity contribution in [3.05, 3.63) is 66.4 Å². The van der Waals surface area contributed by atoms with E-state index < -0.39 is 11.7 Å². The zero-order chi connectivity index (χ0) is 18.5. The molecule has 0 saturated carbocycles. The first kappa shape index (κ1) is 17.3. The Bertz CT molecular complexity index is 914. The van der Waals surface area contributed by atoms with Crippen molar-refractivity contribution in [3.63, 3.8) is 0 Å². The van der Waals surface area contributed by atoms with Crippen molar-refractivity contribution in [2.45, 2.75) is 0 Å². The first-order valence-electron chi connectivity index (χ1n) is 7.80. The first-order chi connectivity index (χ1) is 12.5. The third kappa shape index (κ3) is 4.29. The zero-order valence-corrected chi connectivity index (χ0v) is 14.3. The second-order valence-corrected chi connectivity index (χ2v) is 5.74. The molecule has 0 atom stereocenters. The summed E-state index contributed by atoms with van der Waals surface area (Å²) >= 11 is 0. The number of carbonyl (C=O) groups excluding carboxylic acids is 1. The third-order valence-corrected chi connectivity index (χ3v) is 3.54. The summed E-state index contributed by atoms with van der Waals surface area (Å²) in [6, 6.07) is 10.1. The summed E-state index contributed by atoms with van der Waals surface area (Å²) in [4.78, 5) is 17.7. The Balaban J connectivity index is 1.67. The molecule has 1 amide bonds. The molecule has 0 fully saturated rings. The molecular weight excluding hydrogens is 335 g/mol. The van der Waals surface area contributed by atoms with E-state index in [2.05, 4.69) is 25.8 Å². The lowest BCUT2D eigenvalue weighted by Gasteiger charge is -2.13. The molecule has 0 saturated heterocycles. The molecule has 3 aromatic rings. The number of hydrogen-bond acceptors (Lipinski definition) is 6. The van der Waals surface area contributed by atoms with Gasteiger partial charge in [-0.3, -0.25) is 9.78 Å². The van der Waals surface area contributed by atoms with Gasteiger partial charge in [-0.25, -0.2) is 4.39 Å². The number of carbonyl (C=O) groups is 1. The van der Waals surface area contributed by atoms with Crippen LogP contribution in [0.5, 0.6) is 0 Å². The highest BCUT2D eigenvalue weighted by Gasteiger charge is 2.08. The summed E-state index contributed by atoms with van der Waals surface area (Å²) in [5, 5.41) is 13.8. The summed E-state index contributed by atoms with van der Waals surface area (Å²) in [6.07, 6.45) is 4.03. The molecule has 1 aromatic carbocycles. The normalized spacial score (nSPS) is 10.3. The van der Waals surface area contributed by atoms with Crippen LogP contribution in [-0.2, 0) is 0 Å². The van der Waals surface area contributed by atoms with Crippen molar-refractivity contribution in [1.29, 1.82) is 0 Å². The molecule has 3 rings (SSSR count). The van der Waals surface area contributed by atoms with Crippen LogP contribution in [0, 0.1) is 5.82 Å². The standard InChI is InChI=1S/C18H17FN6O/c1-25(2)16-8-17(24-21-11-16)22-14-3-5-15(6-4-14)23-18(26)12-7-13(19)10-20-9-12/h3-11H,1-2H3,(H,22,24)(H,23,26). The minimum Gasteiger partial charge on any atom is -0.376 e. The molecule has 2 heterocycles. The third-order valence-electron chi connectivity index (χ3n) is 3.54. The second kappa shape index (κ2) is 7.56. The molecule has 7 nitrogen and oxygen atoms in total. The van der Waals surface area contributed by atoms with E-state index in [-0.39, 0.29) is 5.56 Å². The number of nitrogens with one attached hydrogen (secondary N) is 2. The smallest absolute Gasteiger partial charge is 0.257 e. The number of benzene rings is 1. The first-order valence-corrected chi connectivity index (χ1v) is 7.80.